The van der Waals surface area contributed by atoms with E-state index in [1.807, 2.05) is 49.9 Å². The SMILES string of the molecule is CC(C)(C)OC(=O)N1CC2CC(Oc3ccc(Br)cc3)CC2C1. The number of hydrogen-bond acceptors (Lipinski definition) is 3. The summed E-state index contributed by atoms with van der Waals surface area (Å²) in [5.41, 5.74) is -0.429. The van der Waals surface area contributed by atoms with Gasteiger partial charge >= 0.3 is 6.09 Å². The lowest BCUT2D eigenvalue weighted by Gasteiger charge is -2.25. The summed E-state index contributed by atoms with van der Waals surface area (Å²) >= 11 is 3.43. The quantitative estimate of drug-likeness (QED) is 0.758. The van der Waals surface area contributed by atoms with E-state index in [1.165, 1.54) is 0 Å². The Bertz CT molecular complexity index is 553. The highest BCUT2D eigenvalue weighted by molar-refractivity contribution is 9.10. The molecule has 23 heavy (non-hydrogen) atoms. The van der Waals surface area contributed by atoms with Crippen LogP contribution in [0.15, 0.2) is 28.7 Å². The van der Waals surface area contributed by atoms with Crippen molar-refractivity contribution in [3.8, 4) is 5.75 Å². The van der Waals surface area contributed by atoms with Crippen molar-refractivity contribution in [2.45, 2.75) is 45.3 Å². The summed E-state index contributed by atoms with van der Waals surface area (Å²) in [4.78, 5) is 14.0. The Kier molecular flexibility index (Phi) is 4.59. The van der Waals surface area contributed by atoms with E-state index in [0.717, 1.165) is 36.2 Å². The van der Waals surface area contributed by atoms with Crippen LogP contribution in [0.2, 0.25) is 0 Å². The number of amides is 1. The van der Waals surface area contributed by atoms with E-state index in [2.05, 4.69) is 15.9 Å². The molecule has 1 aliphatic heterocycles. The molecule has 1 heterocycles. The van der Waals surface area contributed by atoms with Gasteiger partial charge in [0.1, 0.15) is 11.4 Å². The Balaban J connectivity index is 1.51. The largest absolute Gasteiger partial charge is 0.490 e. The third-order valence-electron chi connectivity index (χ3n) is 4.48. The van der Waals surface area contributed by atoms with Crippen molar-refractivity contribution in [3.05, 3.63) is 28.7 Å². The van der Waals surface area contributed by atoms with E-state index < -0.39 is 5.60 Å². The topological polar surface area (TPSA) is 38.8 Å². The predicted molar refractivity (Wildman–Crippen MR) is 92.6 cm³/mol. The summed E-state index contributed by atoms with van der Waals surface area (Å²) in [6, 6.07) is 7.97. The second-order valence-electron chi connectivity index (χ2n) is 7.57. The standard InChI is InChI=1S/C18H24BrNO3/c1-18(2,3)23-17(21)20-10-12-8-16(9-13(12)11-20)22-15-6-4-14(19)5-7-15/h4-7,12-13,16H,8-11H2,1-3H3. The van der Waals surface area contributed by atoms with Crippen LogP contribution in [-0.2, 0) is 4.74 Å². The third-order valence-corrected chi connectivity index (χ3v) is 5.00. The number of nitrogens with zero attached hydrogens (tertiary/aromatic N) is 1. The van der Waals surface area contributed by atoms with Gasteiger partial charge in [0.25, 0.3) is 0 Å². The van der Waals surface area contributed by atoms with Crippen molar-refractivity contribution in [1.29, 1.82) is 0 Å². The summed E-state index contributed by atoms with van der Waals surface area (Å²) in [6.45, 7) is 7.30. The molecule has 2 unspecified atom stereocenters. The van der Waals surface area contributed by atoms with Crippen LogP contribution in [0.25, 0.3) is 0 Å². The molecular weight excluding hydrogens is 358 g/mol. The Morgan fingerprint density at radius 3 is 2.22 bits per heavy atom. The molecule has 0 N–H and O–H groups in total. The molecule has 126 valence electrons. The van der Waals surface area contributed by atoms with Gasteiger partial charge in [-0.3, -0.25) is 0 Å². The first-order valence-corrected chi connectivity index (χ1v) is 8.99. The highest BCUT2D eigenvalue weighted by atomic mass is 79.9. The average molecular weight is 382 g/mol. The molecule has 3 rings (SSSR count). The monoisotopic (exact) mass is 381 g/mol. The van der Waals surface area contributed by atoms with Gasteiger partial charge in [-0.25, -0.2) is 4.79 Å². The predicted octanol–water partition coefficient (Wildman–Crippen LogP) is 4.47. The summed E-state index contributed by atoms with van der Waals surface area (Å²) in [7, 11) is 0. The fourth-order valence-corrected chi connectivity index (χ4v) is 3.79. The second-order valence-corrected chi connectivity index (χ2v) is 8.49. The van der Waals surface area contributed by atoms with Gasteiger partial charge in [-0.05, 0) is 69.7 Å². The average Bonchev–Trinajstić information content (AvgIpc) is 2.97. The maximum atomic E-state index is 12.2. The Labute approximate surface area is 146 Å². The maximum Gasteiger partial charge on any atom is 0.410 e. The zero-order valence-corrected chi connectivity index (χ0v) is 15.5. The molecule has 5 heteroatoms. The molecule has 1 saturated carbocycles. The van der Waals surface area contributed by atoms with Gasteiger partial charge in [0, 0.05) is 17.6 Å². The molecule has 0 bridgehead atoms. The molecule has 1 saturated heterocycles. The number of fused-ring (bicyclic) bond motifs is 1. The number of halogens is 1. The van der Waals surface area contributed by atoms with Crippen molar-refractivity contribution in [2.24, 2.45) is 11.8 Å². The van der Waals surface area contributed by atoms with Gasteiger partial charge in [0.2, 0.25) is 0 Å². The molecule has 0 spiro atoms. The van der Waals surface area contributed by atoms with Crippen LogP contribution in [0.3, 0.4) is 0 Å². The molecule has 1 amide bonds. The highest BCUT2D eigenvalue weighted by Crippen LogP contribution is 2.40. The van der Waals surface area contributed by atoms with Crippen molar-refractivity contribution in [1.82, 2.24) is 4.90 Å². The minimum Gasteiger partial charge on any atom is -0.490 e. The lowest BCUT2D eigenvalue weighted by atomic mass is 10.0. The van der Waals surface area contributed by atoms with E-state index >= 15 is 0 Å². The molecule has 1 aromatic rings. The number of likely N-dealkylation sites (tertiary alicyclic amines) is 1. The van der Waals surface area contributed by atoms with Crippen molar-refractivity contribution >= 4 is 22.0 Å². The summed E-state index contributed by atoms with van der Waals surface area (Å²) in [5.74, 6) is 1.98. The summed E-state index contributed by atoms with van der Waals surface area (Å²) in [6.07, 6.45) is 2.10. The highest BCUT2D eigenvalue weighted by Gasteiger charge is 2.44. The van der Waals surface area contributed by atoms with Gasteiger partial charge in [0.05, 0.1) is 6.10 Å². The third kappa shape index (κ3) is 4.19. The minimum atomic E-state index is -0.429. The normalized spacial score (nSPS) is 27.0. The first-order valence-electron chi connectivity index (χ1n) is 8.20. The van der Waals surface area contributed by atoms with Crippen LogP contribution in [0.4, 0.5) is 4.79 Å². The van der Waals surface area contributed by atoms with Crippen molar-refractivity contribution in [2.75, 3.05) is 13.1 Å². The van der Waals surface area contributed by atoms with Crippen LogP contribution < -0.4 is 4.74 Å². The maximum absolute atomic E-state index is 12.2. The van der Waals surface area contributed by atoms with Gasteiger partial charge in [0.15, 0.2) is 0 Å². The number of ether oxygens (including phenoxy) is 2. The number of hydrogen-bond donors (Lipinski definition) is 0. The number of rotatable bonds is 2. The van der Waals surface area contributed by atoms with Crippen molar-refractivity contribution < 1.29 is 14.3 Å². The van der Waals surface area contributed by atoms with Crippen LogP contribution >= 0.6 is 15.9 Å². The Morgan fingerprint density at radius 1 is 1.13 bits per heavy atom. The number of benzene rings is 1. The van der Waals surface area contributed by atoms with Crippen LogP contribution in [0.5, 0.6) is 5.75 Å². The van der Waals surface area contributed by atoms with E-state index in [9.17, 15) is 4.79 Å². The van der Waals surface area contributed by atoms with E-state index in [1.54, 1.807) is 0 Å². The summed E-state index contributed by atoms with van der Waals surface area (Å²) < 4.78 is 12.6. The van der Waals surface area contributed by atoms with E-state index in [-0.39, 0.29) is 12.2 Å². The molecule has 2 atom stereocenters. The molecule has 0 aromatic heterocycles. The molecule has 2 fully saturated rings. The smallest absolute Gasteiger partial charge is 0.410 e. The fraction of sp³-hybridized carbons (Fsp3) is 0.611. The minimum absolute atomic E-state index is 0.183. The second kappa shape index (κ2) is 6.34. The molecule has 4 nitrogen and oxygen atoms in total. The van der Waals surface area contributed by atoms with Crippen LogP contribution in [-0.4, -0.2) is 35.8 Å². The lowest BCUT2D eigenvalue weighted by molar-refractivity contribution is 0.0272. The summed E-state index contributed by atoms with van der Waals surface area (Å²) in [5, 5.41) is 0. The zero-order chi connectivity index (χ0) is 16.6. The number of carbonyl (C=O) groups excluding carboxylic acids is 1. The fourth-order valence-electron chi connectivity index (χ4n) is 3.52. The van der Waals surface area contributed by atoms with Gasteiger partial charge in [-0.15, -0.1) is 0 Å². The first-order chi connectivity index (χ1) is 10.8. The van der Waals surface area contributed by atoms with Gasteiger partial charge in [-0.2, -0.15) is 0 Å². The molecular formula is C18H24BrNO3. The molecule has 1 aromatic carbocycles. The van der Waals surface area contributed by atoms with E-state index in [4.69, 9.17) is 9.47 Å². The number of carbonyl (C=O) groups is 1. The van der Waals surface area contributed by atoms with Gasteiger partial charge < -0.3 is 14.4 Å². The lowest BCUT2D eigenvalue weighted by Crippen LogP contribution is -2.36. The van der Waals surface area contributed by atoms with Gasteiger partial charge in [-0.1, -0.05) is 15.9 Å². The van der Waals surface area contributed by atoms with Crippen molar-refractivity contribution in [3.63, 3.8) is 0 Å². The first kappa shape index (κ1) is 16.6. The molecule has 0 radical (unpaired) electrons. The van der Waals surface area contributed by atoms with Crippen LogP contribution in [0, 0.1) is 11.8 Å². The Morgan fingerprint density at radius 2 is 1.70 bits per heavy atom. The Hall–Kier alpha value is -1.23. The van der Waals surface area contributed by atoms with Crippen LogP contribution in [0.1, 0.15) is 33.6 Å². The zero-order valence-electron chi connectivity index (χ0n) is 13.9. The molecule has 1 aliphatic carbocycles. The van der Waals surface area contributed by atoms with E-state index in [0.29, 0.717) is 11.8 Å². The molecule has 2 aliphatic rings.